The molecule has 1 amide bonds. The average molecular weight is 491 g/mol. The summed E-state index contributed by atoms with van der Waals surface area (Å²) in [5.41, 5.74) is -0.273. The molecule has 4 rings (SSSR count). The zero-order chi connectivity index (χ0) is 25.3. The SMILES string of the molecule is CCC[C@@H]1OCC(C(=O)Nc2ccc(-c3ccccc3F)c(F)c2)=C1c1cc(C(F)(F)F)nn1C. The van der Waals surface area contributed by atoms with E-state index in [1.54, 1.807) is 6.07 Å². The maximum Gasteiger partial charge on any atom is 0.435 e. The number of carbonyl (C=O) groups is 1. The van der Waals surface area contributed by atoms with Crippen molar-refractivity contribution in [2.75, 3.05) is 11.9 Å². The molecule has 35 heavy (non-hydrogen) atoms. The monoisotopic (exact) mass is 491 g/mol. The predicted octanol–water partition coefficient (Wildman–Crippen LogP) is 5.98. The van der Waals surface area contributed by atoms with E-state index >= 15 is 0 Å². The third-order valence-electron chi connectivity index (χ3n) is 5.74. The van der Waals surface area contributed by atoms with Crippen LogP contribution in [0.2, 0.25) is 0 Å². The summed E-state index contributed by atoms with van der Waals surface area (Å²) < 4.78 is 75.2. The van der Waals surface area contributed by atoms with Gasteiger partial charge in [-0.2, -0.15) is 18.3 Å². The van der Waals surface area contributed by atoms with E-state index < -0.39 is 35.5 Å². The third-order valence-corrected chi connectivity index (χ3v) is 5.74. The Morgan fingerprint density at radius 1 is 1.11 bits per heavy atom. The summed E-state index contributed by atoms with van der Waals surface area (Å²) in [7, 11) is 1.37. The fourth-order valence-electron chi connectivity index (χ4n) is 4.09. The van der Waals surface area contributed by atoms with Crippen LogP contribution in [-0.4, -0.2) is 28.4 Å². The molecule has 1 atom stereocenters. The second-order valence-electron chi connectivity index (χ2n) is 8.15. The minimum Gasteiger partial charge on any atom is -0.369 e. The van der Waals surface area contributed by atoms with Crippen molar-refractivity contribution < 1.29 is 31.5 Å². The molecule has 0 saturated carbocycles. The van der Waals surface area contributed by atoms with Gasteiger partial charge in [0.25, 0.3) is 5.91 Å². The van der Waals surface area contributed by atoms with Crippen LogP contribution in [0.3, 0.4) is 0 Å². The van der Waals surface area contributed by atoms with E-state index in [1.807, 2.05) is 6.92 Å². The van der Waals surface area contributed by atoms with Crippen molar-refractivity contribution in [3.8, 4) is 11.1 Å². The largest absolute Gasteiger partial charge is 0.435 e. The molecule has 2 aromatic carbocycles. The quantitative estimate of drug-likeness (QED) is 0.432. The molecule has 1 aliphatic heterocycles. The Kier molecular flexibility index (Phi) is 6.75. The lowest BCUT2D eigenvalue weighted by molar-refractivity contribution is -0.141. The van der Waals surface area contributed by atoms with Gasteiger partial charge in [-0.1, -0.05) is 31.5 Å². The third kappa shape index (κ3) is 4.97. The molecule has 0 aliphatic carbocycles. The van der Waals surface area contributed by atoms with E-state index in [-0.39, 0.29) is 34.7 Å². The lowest BCUT2D eigenvalue weighted by Gasteiger charge is -2.14. The smallest absolute Gasteiger partial charge is 0.369 e. The van der Waals surface area contributed by atoms with Crippen LogP contribution < -0.4 is 5.32 Å². The van der Waals surface area contributed by atoms with Gasteiger partial charge in [-0.25, -0.2) is 8.78 Å². The molecule has 1 aromatic heterocycles. The first-order valence-corrected chi connectivity index (χ1v) is 10.9. The van der Waals surface area contributed by atoms with E-state index in [1.165, 1.54) is 37.4 Å². The van der Waals surface area contributed by atoms with Gasteiger partial charge in [-0.3, -0.25) is 9.48 Å². The molecule has 184 valence electrons. The standard InChI is InChI=1S/C25H22F5N3O2/c1-3-6-21-23(20-12-22(25(28,29)30)32-33(20)2)17(13-35-21)24(34)31-14-9-10-16(19(27)11-14)15-7-4-5-8-18(15)26/h4-5,7-12,21H,3,6,13H2,1-2H3,(H,31,34)/t21-/m0/s1. The highest BCUT2D eigenvalue weighted by Crippen LogP contribution is 2.37. The molecule has 1 N–H and O–H groups in total. The van der Waals surface area contributed by atoms with Gasteiger partial charge in [0, 0.05) is 29.4 Å². The lowest BCUT2D eigenvalue weighted by Crippen LogP contribution is -2.17. The van der Waals surface area contributed by atoms with Crippen LogP contribution in [0.4, 0.5) is 27.6 Å². The van der Waals surface area contributed by atoms with Crippen molar-refractivity contribution >= 4 is 17.2 Å². The Morgan fingerprint density at radius 3 is 2.46 bits per heavy atom. The molecule has 10 heteroatoms. The van der Waals surface area contributed by atoms with Crippen LogP contribution in [-0.2, 0) is 22.8 Å². The molecular weight excluding hydrogens is 469 g/mol. The highest BCUT2D eigenvalue weighted by Gasteiger charge is 2.38. The second-order valence-corrected chi connectivity index (χ2v) is 8.15. The van der Waals surface area contributed by atoms with Crippen LogP contribution in [0.25, 0.3) is 16.7 Å². The van der Waals surface area contributed by atoms with Gasteiger partial charge >= 0.3 is 6.18 Å². The molecule has 1 aliphatic rings. The average Bonchev–Trinajstić information content (AvgIpc) is 3.38. The molecule has 5 nitrogen and oxygen atoms in total. The number of hydrogen-bond donors (Lipinski definition) is 1. The Bertz CT molecular complexity index is 1300. The van der Waals surface area contributed by atoms with Crippen molar-refractivity contribution in [1.82, 2.24) is 9.78 Å². The van der Waals surface area contributed by atoms with Crippen LogP contribution >= 0.6 is 0 Å². The fourth-order valence-corrected chi connectivity index (χ4v) is 4.09. The Balaban J connectivity index is 1.67. The summed E-state index contributed by atoms with van der Waals surface area (Å²) in [5.74, 6) is -1.96. The van der Waals surface area contributed by atoms with Crippen molar-refractivity contribution in [3.63, 3.8) is 0 Å². The summed E-state index contributed by atoms with van der Waals surface area (Å²) in [6, 6.07) is 10.5. The zero-order valence-corrected chi connectivity index (χ0v) is 18.9. The first-order chi connectivity index (χ1) is 16.6. The van der Waals surface area contributed by atoms with Gasteiger partial charge in [-0.15, -0.1) is 0 Å². The maximum absolute atomic E-state index is 14.7. The number of aryl methyl sites for hydroxylation is 1. The Labute approximate surface area is 198 Å². The van der Waals surface area contributed by atoms with Crippen LogP contribution in [0, 0.1) is 11.6 Å². The summed E-state index contributed by atoms with van der Waals surface area (Å²) >= 11 is 0. The molecule has 2 heterocycles. The number of hydrogen-bond acceptors (Lipinski definition) is 3. The van der Waals surface area contributed by atoms with Gasteiger partial charge in [0.15, 0.2) is 5.69 Å². The Hall–Kier alpha value is -3.53. The summed E-state index contributed by atoms with van der Waals surface area (Å²) in [5, 5.41) is 6.12. The fraction of sp³-hybridized carbons (Fsp3) is 0.280. The van der Waals surface area contributed by atoms with E-state index in [2.05, 4.69) is 10.4 Å². The minimum absolute atomic E-state index is 0.0303. The number of nitrogens with zero attached hydrogens (tertiary/aromatic N) is 2. The number of aromatic nitrogens is 2. The van der Waals surface area contributed by atoms with Crippen LogP contribution in [0.1, 0.15) is 31.2 Å². The predicted molar refractivity (Wildman–Crippen MR) is 120 cm³/mol. The zero-order valence-electron chi connectivity index (χ0n) is 18.9. The molecule has 0 bridgehead atoms. The van der Waals surface area contributed by atoms with Gasteiger partial charge in [0.1, 0.15) is 11.6 Å². The summed E-state index contributed by atoms with van der Waals surface area (Å²) in [4.78, 5) is 13.1. The number of alkyl halides is 3. The first kappa shape index (κ1) is 24.6. The van der Waals surface area contributed by atoms with Gasteiger partial charge in [0.05, 0.1) is 24.0 Å². The minimum atomic E-state index is -4.64. The molecule has 0 spiro atoms. The number of nitrogens with one attached hydrogen (secondary N) is 1. The summed E-state index contributed by atoms with van der Waals surface area (Å²) in [6.45, 7) is 1.78. The number of halogens is 5. The molecule has 0 fully saturated rings. The number of rotatable bonds is 6. The molecule has 3 aromatic rings. The first-order valence-electron chi connectivity index (χ1n) is 10.9. The molecule has 0 saturated heterocycles. The number of benzene rings is 2. The number of carbonyl (C=O) groups excluding carboxylic acids is 1. The normalized spacial score (nSPS) is 16.1. The topological polar surface area (TPSA) is 56.1 Å². The molecule has 0 radical (unpaired) electrons. The maximum atomic E-state index is 14.7. The number of anilines is 1. The van der Waals surface area contributed by atoms with Crippen molar-refractivity contribution in [2.24, 2.45) is 7.05 Å². The van der Waals surface area contributed by atoms with Crippen LogP contribution in [0.15, 0.2) is 54.1 Å². The van der Waals surface area contributed by atoms with E-state index in [9.17, 15) is 26.7 Å². The van der Waals surface area contributed by atoms with Crippen molar-refractivity contribution in [1.29, 1.82) is 0 Å². The van der Waals surface area contributed by atoms with Gasteiger partial charge in [-0.05, 0) is 36.8 Å². The lowest BCUT2D eigenvalue weighted by atomic mass is 9.98. The van der Waals surface area contributed by atoms with Crippen molar-refractivity contribution in [3.05, 3.63) is 77.1 Å². The van der Waals surface area contributed by atoms with Gasteiger partial charge < -0.3 is 10.1 Å². The van der Waals surface area contributed by atoms with Crippen molar-refractivity contribution in [2.45, 2.75) is 32.0 Å². The van der Waals surface area contributed by atoms with Gasteiger partial charge in [0.2, 0.25) is 0 Å². The van der Waals surface area contributed by atoms with E-state index in [0.717, 1.165) is 16.8 Å². The Morgan fingerprint density at radius 2 is 1.83 bits per heavy atom. The highest BCUT2D eigenvalue weighted by molar-refractivity contribution is 6.10. The highest BCUT2D eigenvalue weighted by atomic mass is 19.4. The molecular formula is C25H22F5N3O2. The number of amides is 1. The second kappa shape index (κ2) is 9.61. The number of ether oxygens (including phenoxy) is 1. The van der Waals surface area contributed by atoms with Crippen LogP contribution in [0.5, 0.6) is 0 Å². The van der Waals surface area contributed by atoms with E-state index in [0.29, 0.717) is 18.4 Å². The molecule has 0 unspecified atom stereocenters. The van der Waals surface area contributed by atoms with E-state index in [4.69, 9.17) is 4.74 Å². The summed E-state index contributed by atoms with van der Waals surface area (Å²) in [6.07, 6.45) is -4.06.